The molecule has 0 bridgehead atoms. The van der Waals surface area contributed by atoms with Crippen molar-refractivity contribution in [2.75, 3.05) is 0 Å². The Bertz CT molecular complexity index is 1510. The molecule has 1 heterocycles. The highest BCUT2D eigenvalue weighted by Crippen LogP contribution is 2.30. The fraction of sp³-hybridized carbons (Fsp3) is 0.310. The lowest BCUT2D eigenvalue weighted by atomic mass is 10.1. The number of aryl methyl sites for hydroxylation is 1. The number of sulfone groups is 1. The van der Waals surface area contributed by atoms with E-state index < -0.39 is 38.3 Å². The van der Waals surface area contributed by atoms with Gasteiger partial charge >= 0.3 is 6.18 Å². The molecule has 3 rings (SSSR count). The molecule has 208 valence electrons. The van der Waals surface area contributed by atoms with Crippen LogP contribution in [0.1, 0.15) is 53.9 Å². The summed E-state index contributed by atoms with van der Waals surface area (Å²) in [6, 6.07) is 13.2. The summed E-state index contributed by atoms with van der Waals surface area (Å²) >= 11 is 0. The topological polar surface area (TPSA) is 85.2 Å². The van der Waals surface area contributed by atoms with Crippen molar-refractivity contribution in [3.8, 4) is 5.69 Å². The first-order valence-electron chi connectivity index (χ1n) is 12.4. The van der Waals surface area contributed by atoms with E-state index in [0.717, 1.165) is 23.1 Å². The normalized spacial score (nSPS) is 12.8. The largest absolute Gasteiger partial charge is 0.416 e. The van der Waals surface area contributed by atoms with Crippen LogP contribution in [0, 0.1) is 12.8 Å². The molecule has 1 atom stereocenters. The van der Waals surface area contributed by atoms with Crippen molar-refractivity contribution in [3.63, 3.8) is 0 Å². The molecule has 3 aromatic rings. The number of rotatable bonds is 10. The monoisotopic (exact) mass is 560 g/mol. The van der Waals surface area contributed by atoms with Crippen LogP contribution < -0.4 is 10.9 Å². The molecule has 0 fully saturated rings. The zero-order valence-electron chi connectivity index (χ0n) is 22.0. The van der Waals surface area contributed by atoms with Crippen molar-refractivity contribution in [3.05, 3.63) is 106 Å². The molecule has 10 heteroatoms. The Morgan fingerprint density at radius 2 is 1.72 bits per heavy atom. The predicted octanol–water partition coefficient (Wildman–Crippen LogP) is 5.86. The Labute approximate surface area is 226 Å². The van der Waals surface area contributed by atoms with Gasteiger partial charge < -0.3 is 5.32 Å². The molecule has 1 amide bonds. The smallest absolute Gasteiger partial charge is 0.348 e. The summed E-state index contributed by atoms with van der Waals surface area (Å²) in [6.07, 6.45) is -1.93. The number of amides is 1. The summed E-state index contributed by atoms with van der Waals surface area (Å²) in [4.78, 5) is 26.1. The highest BCUT2D eigenvalue weighted by Gasteiger charge is 2.31. The molecule has 1 N–H and O–H groups in total. The Kier molecular flexibility index (Phi) is 9.22. The van der Waals surface area contributed by atoms with Crippen LogP contribution in [0.3, 0.4) is 0 Å². The van der Waals surface area contributed by atoms with Gasteiger partial charge in [-0.05, 0) is 73.7 Å². The number of nitrogens with zero attached hydrogens (tertiary/aromatic N) is 1. The van der Waals surface area contributed by atoms with E-state index in [1.807, 2.05) is 13.8 Å². The Morgan fingerprint density at radius 1 is 1.05 bits per heavy atom. The first-order chi connectivity index (χ1) is 18.3. The molecule has 1 unspecified atom stereocenters. The van der Waals surface area contributed by atoms with Gasteiger partial charge in [0.05, 0.1) is 15.7 Å². The number of nitrogens with one attached hydrogen (secondary N) is 1. The molecule has 0 saturated carbocycles. The number of alkyl halides is 3. The number of carbonyl (C=O) groups excluding carboxylic acids is 1. The van der Waals surface area contributed by atoms with Crippen molar-refractivity contribution in [2.24, 2.45) is 5.92 Å². The Balaban J connectivity index is 1.78. The first-order valence-corrected chi connectivity index (χ1v) is 13.9. The van der Waals surface area contributed by atoms with Gasteiger partial charge in [-0.1, -0.05) is 38.1 Å². The highest BCUT2D eigenvalue weighted by atomic mass is 32.2. The average Bonchev–Trinajstić information content (AvgIpc) is 2.87. The standard InChI is InChI=1S/C29H31F3N2O4S/c1-5-24(13-9-19(2)3)39(37,38)25-14-11-21(12-15-25)18-33-27(35)26-16-10-20(4)34(28(26)36)23-8-6-7-22(17-23)29(30,31)32/h5-8,10-12,14-17,19,24H,1,9,13,18H2,2-4H3,(H,33,35). The fourth-order valence-corrected chi connectivity index (χ4v) is 5.66. The van der Waals surface area contributed by atoms with Gasteiger partial charge in [0.25, 0.3) is 11.5 Å². The Hall–Kier alpha value is -3.66. The van der Waals surface area contributed by atoms with Crippen LogP contribution in [0.2, 0.25) is 0 Å². The molecule has 0 aliphatic heterocycles. The second-order valence-corrected chi connectivity index (χ2v) is 11.9. The maximum Gasteiger partial charge on any atom is 0.416 e. The van der Waals surface area contributed by atoms with Crippen LogP contribution in [0.25, 0.3) is 5.69 Å². The first kappa shape index (κ1) is 29.9. The molecule has 0 aliphatic carbocycles. The maximum atomic E-state index is 13.2. The van der Waals surface area contributed by atoms with E-state index >= 15 is 0 Å². The van der Waals surface area contributed by atoms with Crippen LogP contribution in [-0.4, -0.2) is 24.1 Å². The minimum Gasteiger partial charge on any atom is -0.348 e. The third-order valence-electron chi connectivity index (χ3n) is 6.35. The predicted molar refractivity (Wildman–Crippen MR) is 145 cm³/mol. The van der Waals surface area contributed by atoms with E-state index in [9.17, 15) is 31.2 Å². The lowest BCUT2D eigenvalue weighted by Gasteiger charge is -2.16. The van der Waals surface area contributed by atoms with Gasteiger partial charge in [-0.2, -0.15) is 13.2 Å². The summed E-state index contributed by atoms with van der Waals surface area (Å²) in [5.41, 5.74) is -0.957. The third-order valence-corrected chi connectivity index (χ3v) is 8.50. The van der Waals surface area contributed by atoms with E-state index in [1.54, 1.807) is 19.1 Å². The molecule has 2 aromatic carbocycles. The van der Waals surface area contributed by atoms with Crippen molar-refractivity contribution in [1.29, 1.82) is 0 Å². The van der Waals surface area contributed by atoms with Crippen LogP contribution in [0.4, 0.5) is 13.2 Å². The molecule has 0 spiro atoms. The number of benzene rings is 2. The van der Waals surface area contributed by atoms with Crippen molar-refractivity contribution in [1.82, 2.24) is 9.88 Å². The van der Waals surface area contributed by atoms with Gasteiger partial charge in [0, 0.05) is 17.9 Å². The summed E-state index contributed by atoms with van der Waals surface area (Å²) in [5.74, 6) is -0.353. The SMILES string of the molecule is C=CC(CCC(C)C)S(=O)(=O)c1ccc(CNC(=O)c2ccc(C)n(-c3cccc(C(F)(F)F)c3)c2=O)cc1. The zero-order valence-corrected chi connectivity index (χ0v) is 22.8. The number of carbonyl (C=O) groups is 1. The van der Waals surface area contributed by atoms with Crippen LogP contribution >= 0.6 is 0 Å². The number of pyridine rings is 1. The minimum atomic E-state index is -4.59. The summed E-state index contributed by atoms with van der Waals surface area (Å²) in [5, 5.41) is 1.91. The van der Waals surface area contributed by atoms with E-state index in [-0.39, 0.29) is 22.7 Å². The van der Waals surface area contributed by atoms with Gasteiger partial charge in [0.15, 0.2) is 9.84 Å². The average molecular weight is 561 g/mol. The van der Waals surface area contributed by atoms with Crippen LogP contribution in [0.15, 0.2) is 83.0 Å². The van der Waals surface area contributed by atoms with Crippen molar-refractivity contribution >= 4 is 15.7 Å². The van der Waals surface area contributed by atoms with Crippen LogP contribution in [0.5, 0.6) is 0 Å². The lowest BCUT2D eigenvalue weighted by molar-refractivity contribution is -0.137. The summed E-state index contributed by atoms with van der Waals surface area (Å²) in [7, 11) is -3.61. The molecule has 0 aliphatic rings. The van der Waals surface area contributed by atoms with Crippen molar-refractivity contribution < 1.29 is 26.4 Å². The van der Waals surface area contributed by atoms with Gasteiger partial charge in [0.1, 0.15) is 5.56 Å². The molecular weight excluding hydrogens is 529 g/mol. The van der Waals surface area contributed by atoms with E-state index in [1.165, 1.54) is 42.5 Å². The summed E-state index contributed by atoms with van der Waals surface area (Å²) in [6.45, 7) is 9.28. The maximum absolute atomic E-state index is 13.2. The van der Waals surface area contributed by atoms with Crippen LogP contribution in [-0.2, 0) is 22.6 Å². The van der Waals surface area contributed by atoms with E-state index in [0.29, 0.717) is 23.6 Å². The van der Waals surface area contributed by atoms with Crippen molar-refractivity contribution in [2.45, 2.75) is 56.5 Å². The molecule has 1 aromatic heterocycles. The van der Waals surface area contributed by atoms with E-state index in [2.05, 4.69) is 11.9 Å². The second-order valence-electron chi connectivity index (χ2n) is 9.69. The number of hydrogen-bond acceptors (Lipinski definition) is 4. The highest BCUT2D eigenvalue weighted by molar-refractivity contribution is 7.92. The third kappa shape index (κ3) is 7.06. The number of aromatic nitrogens is 1. The minimum absolute atomic E-state index is 0.00821. The van der Waals surface area contributed by atoms with Gasteiger partial charge in [0.2, 0.25) is 0 Å². The lowest BCUT2D eigenvalue weighted by Crippen LogP contribution is -2.33. The quantitative estimate of drug-likeness (QED) is 0.315. The zero-order chi connectivity index (χ0) is 29.0. The van der Waals surface area contributed by atoms with Gasteiger partial charge in [-0.3, -0.25) is 14.2 Å². The summed E-state index contributed by atoms with van der Waals surface area (Å²) < 4.78 is 66.6. The number of hydrogen-bond donors (Lipinski definition) is 1. The van der Waals surface area contributed by atoms with Gasteiger partial charge in [-0.25, -0.2) is 8.42 Å². The second kappa shape index (κ2) is 12.0. The molecule has 0 saturated heterocycles. The molecule has 39 heavy (non-hydrogen) atoms. The molecule has 6 nitrogen and oxygen atoms in total. The molecular formula is C29H31F3N2O4S. The Morgan fingerprint density at radius 3 is 2.31 bits per heavy atom. The van der Waals surface area contributed by atoms with Gasteiger partial charge in [-0.15, -0.1) is 6.58 Å². The van der Waals surface area contributed by atoms with E-state index in [4.69, 9.17) is 0 Å². The molecule has 0 radical (unpaired) electrons. The fourth-order valence-electron chi connectivity index (χ4n) is 4.09. The number of halogens is 3.